The van der Waals surface area contributed by atoms with Crippen molar-refractivity contribution in [1.29, 1.82) is 0 Å². The maximum atomic E-state index is 14.1. The summed E-state index contributed by atoms with van der Waals surface area (Å²) in [7, 11) is -63.9. The van der Waals surface area contributed by atoms with Crippen LogP contribution in [-0.2, 0) is 236 Å². The molecule has 7 aliphatic heterocycles. The number of nitrogens with one attached hydrogen (secondary N) is 2. The molecule has 780 valence electrons. The molecule has 10 N–H and O–H groups in total. The topological polar surface area (TPSA) is 1130 Å². The van der Waals surface area contributed by atoms with E-state index < -0.39 is 386 Å². The number of hydrogen-bond donors (Lipinski definition) is 10. The zero-order chi connectivity index (χ0) is 102. The van der Waals surface area contributed by atoms with Crippen molar-refractivity contribution in [3.05, 3.63) is 11.8 Å². The van der Waals surface area contributed by atoms with E-state index in [-0.39, 0.29) is 6.08 Å². The number of carbonyl (C=O) groups is 5. The van der Waals surface area contributed by atoms with Crippen LogP contribution in [0, 0.1) is 0 Å². The van der Waals surface area contributed by atoms with E-state index in [0.717, 1.165) is 0 Å². The third-order valence-electron chi connectivity index (χ3n) is 18.5. The lowest BCUT2D eigenvalue weighted by atomic mass is 9.93. The first-order valence-electron chi connectivity index (χ1n) is 35.6. The van der Waals surface area contributed by atoms with Gasteiger partial charge in [0.05, 0.1) is 50.1 Å². The van der Waals surface area contributed by atoms with Crippen molar-refractivity contribution in [3.8, 4) is 0 Å². The maximum Gasteiger partial charge on any atom is 0.229 e. The molecule has 0 bridgehead atoms. The Labute approximate surface area is 751 Å². The molecular weight excluding hydrogens is 2090 g/mol. The van der Waals surface area contributed by atoms with Crippen LogP contribution >= 0.6 is 0 Å². The Balaban J connectivity index is 1.49. The minimum absolute atomic E-state index is 0.0467. The molecule has 7 aliphatic rings. The number of aliphatic hydroxyl groups excluding tert-OH is 8. The summed E-state index contributed by atoms with van der Waals surface area (Å²) in [4.78, 5) is 66.9. The Kier molecular flexibility index (Phi) is 38.8. The van der Waals surface area contributed by atoms with Crippen molar-refractivity contribution >= 4 is 134 Å². The van der Waals surface area contributed by atoms with Gasteiger partial charge >= 0.3 is 0 Å². The number of aliphatic carboxylic acids is 3. The minimum atomic E-state index is -6.80. The van der Waals surface area contributed by atoms with E-state index >= 15 is 0 Å². The molecule has 0 unspecified atom stereocenters. The predicted molar refractivity (Wildman–Crippen MR) is 363 cm³/mol. The van der Waals surface area contributed by atoms with Gasteiger partial charge < -0.3 is 193 Å². The van der Waals surface area contributed by atoms with Crippen LogP contribution in [0.3, 0.4) is 0 Å². The molecule has 0 saturated carbocycles. The molecule has 6 saturated heterocycles. The SMILES string of the molecule is CC(=O)N[C@H]1[C@H](O[C@@H]([C@H](O[C@@H]2O[C@@H](C)[C@@H](OS(=O)(=O)[O-])[C@@H](O)[C@@H]2OS(=O)(=O)[O-])[C@@H](O)CO)[C@H](O)C(=O)[O-])O[C@H](COS(=O)(=O)[O-])[C@H](OS(=O)(=O)[O-])[C@@H]1O[C@@H]1O[C@H](C(=O)[O-])[C@@H](O[C@@H]2O[C@H](COS(=O)(=O)[O-])[C@H](OS(=O)(=O)[O-])[C@H](O[C@@H]3OC(C(=O)[O-])=C[C@H](O[C@@H]4O[C@@H](C)[C@@H](OS(=O)(=O)[O-])[C@@H](O)[C@@H]4OS(=O)(=O)[O-])[C@H]3O)[C@H]2NC(C)=O)[C@H](O[C@@H]2O[C@@H](C)[C@@H](OS(=O)(=O)[O-])[C@@H](O)[C@@H]2OS(=O)(=O)[O-])[C@H]1O. The highest BCUT2D eigenvalue weighted by Gasteiger charge is 2.62. The van der Waals surface area contributed by atoms with Crippen molar-refractivity contribution in [2.24, 2.45) is 0 Å². The van der Waals surface area contributed by atoms with Crippen LogP contribution < -0.4 is 26.0 Å². The minimum Gasteiger partial charge on any atom is -0.726 e. The molecular formula is C52H69N2O70S10-13. The molecule has 7 rings (SSSR count). The van der Waals surface area contributed by atoms with Crippen LogP contribution in [0.2, 0.25) is 0 Å². The molecule has 0 aromatic heterocycles. The predicted octanol–water partition coefficient (Wildman–Crippen LogP) is -23.2. The van der Waals surface area contributed by atoms with E-state index in [0.29, 0.717) is 34.6 Å². The Bertz CT molecular complexity index is 5380. The van der Waals surface area contributed by atoms with Crippen molar-refractivity contribution in [2.45, 2.75) is 262 Å². The summed E-state index contributed by atoms with van der Waals surface area (Å²) in [5, 5.41) is 135. The van der Waals surface area contributed by atoms with E-state index in [2.05, 4.69) is 41.8 Å². The second kappa shape index (κ2) is 44.9. The van der Waals surface area contributed by atoms with Gasteiger partial charge in [-0.2, -0.15) is 0 Å². The van der Waals surface area contributed by atoms with Gasteiger partial charge in [-0.3, -0.25) is 51.4 Å². The highest BCUT2D eigenvalue weighted by molar-refractivity contribution is 7.82. The highest BCUT2D eigenvalue weighted by Crippen LogP contribution is 2.42. The molecule has 0 spiro atoms. The van der Waals surface area contributed by atoms with Crippen LogP contribution in [0.1, 0.15) is 34.6 Å². The number of carboxylic acid groups (broad SMARTS) is 3. The summed E-state index contributed by atoms with van der Waals surface area (Å²) in [6, 6.07) is -6.39. The maximum absolute atomic E-state index is 14.1. The van der Waals surface area contributed by atoms with Gasteiger partial charge in [0.25, 0.3) is 0 Å². The molecule has 134 heavy (non-hydrogen) atoms. The Hall–Kier alpha value is -5.25. The van der Waals surface area contributed by atoms with Crippen LogP contribution in [0.25, 0.3) is 0 Å². The van der Waals surface area contributed by atoms with Crippen LogP contribution in [0.15, 0.2) is 11.8 Å². The first kappa shape index (κ1) is 116. The van der Waals surface area contributed by atoms with Gasteiger partial charge in [-0.25, -0.2) is 84.2 Å². The Morgan fingerprint density at radius 3 is 1.06 bits per heavy atom. The number of aliphatic hydroxyl groups is 8. The fraction of sp³-hybridized carbons (Fsp3) is 0.865. The smallest absolute Gasteiger partial charge is 0.229 e. The van der Waals surface area contributed by atoms with Gasteiger partial charge in [-0.15, -0.1) is 0 Å². The number of amides is 2. The Morgan fingerprint density at radius 1 is 0.373 bits per heavy atom. The van der Waals surface area contributed by atoms with E-state index in [9.17, 15) is 210 Å². The average molecular weight is 2160 g/mol. The van der Waals surface area contributed by atoms with Crippen LogP contribution in [-0.4, -0.2) is 447 Å². The number of ether oxygens (including phenoxy) is 14. The van der Waals surface area contributed by atoms with E-state index in [1.807, 2.05) is 0 Å². The molecule has 0 radical (unpaired) electrons. The summed E-state index contributed by atoms with van der Waals surface area (Å²) in [6.07, 6.45) is -112. The molecule has 37 atom stereocenters. The van der Waals surface area contributed by atoms with Crippen molar-refractivity contribution in [2.75, 3.05) is 19.8 Å². The summed E-state index contributed by atoms with van der Waals surface area (Å²) < 4.78 is 486. The second-order valence-corrected chi connectivity index (χ2v) is 38.2. The van der Waals surface area contributed by atoms with Crippen molar-refractivity contribution < 1.29 is 318 Å². The third-order valence-corrected chi connectivity index (χ3v) is 23.0. The molecule has 6 fully saturated rings. The monoisotopic (exact) mass is 2160 g/mol. The standard InChI is InChI=1S/C52H82N2O70S10/c1-10-28(117-127(77,78)79)23(60)38(122-132(92,93)94)50(103-10)106-16-6-17(43(65)66)107-48(22(16)59)111-34-21(54-14(5)57)47(109-19(9-102-126(74,75)76)32(34)120-130(86,87)88)115-41-37(114-52-40(124-134(98,99)100)25(62)30(12(3)105-52)119-129(83,84)85)27(64)49(116-42(41)45(69)70)112-35-20(53-13(4)56)46(108-18(8-101-125(71,72)73)33(35)121-131(89,90)91)113-36(26(63)44(67)68)31(15(58)7-55)110-51-39(123-133(95,96)97)24(61)29(11(2)104-51)118-128(80,81)82/h6,10-12,15-16,18-42,46-52,55,58-64H,7-9H2,1-5H3,(H,53,56)(H,54,57)(H,65,66)(H,67,68)(H,69,70)(H,71,72,73)(H,74,75,76)(H,77,78,79)(H,80,81,82)(H,83,84,85)(H,86,87,88)(H,89,90,91)(H,92,93,94)(H,95,96,97)(H,98,99,100)/p-13/t10-,11-,12-,15-,16-,18+,19+,20+,21+,22+,23+,24+,25+,26-,27+,28+,29+,30+,31+,32-,33-,34+,35+,36+,37+,38-,39-,40-,41-,42-,46-,47-,48-,49+,50-,51-,52-/m0/s1. The quantitative estimate of drug-likeness (QED) is 0.0200. The third kappa shape index (κ3) is 33.5. The largest absolute Gasteiger partial charge is 0.726 e. The molecule has 72 nitrogen and oxygen atoms in total. The number of hydrogen-bond acceptors (Lipinski definition) is 70. The fourth-order valence-electron chi connectivity index (χ4n) is 13.5. The molecule has 0 aromatic rings. The first-order valence-corrected chi connectivity index (χ1v) is 48.9. The number of carboxylic acids is 3. The summed E-state index contributed by atoms with van der Waals surface area (Å²) in [5.41, 5.74) is 0. The summed E-state index contributed by atoms with van der Waals surface area (Å²) >= 11 is 0. The summed E-state index contributed by atoms with van der Waals surface area (Å²) in [6.45, 7) is -3.97. The number of rotatable bonds is 45. The zero-order valence-corrected chi connectivity index (χ0v) is 74.2. The normalized spacial score (nSPS) is 36.9. The van der Waals surface area contributed by atoms with Gasteiger partial charge in [0.2, 0.25) is 122 Å². The zero-order valence-electron chi connectivity index (χ0n) is 66.0. The van der Waals surface area contributed by atoms with E-state index in [1.54, 1.807) is 10.6 Å². The lowest BCUT2D eigenvalue weighted by Gasteiger charge is -2.53. The molecule has 0 aromatic carbocycles. The lowest BCUT2D eigenvalue weighted by molar-refractivity contribution is -0.399. The lowest BCUT2D eigenvalue weighted by Crippen LogP contribution is -2.72. The second-order valence-electron chi connectivity index (χ2n) is 28.0. The van der Waals surface area contributed by atoms with E-state index in [4.69, 9.17) is 66.3 Å². The fourth-order valence-corrected chi connectivity index (χ4v) is 18.2. The molecule has 7 heterocycles. The summed E-state index contributed by atoms with van der Waals surface area (Å²) in [5.74, 6) is -14.0. The van der Waals surface area contributed by atoms with Crippen LogP contribution in [0.5, 0.6) is 0 Å². The molecule has 82 heteroatoms. The van der Waals surface area contributed by atoms with Gasteiger partial charge in [-0.1, -0.05) is 0 Å². The van der Waals surface area contributed by atoms with Gasteiger partial charge in [-0.05, 0) is 26.8 Å². The van der Waals surface area contributed by atoms with Gasteiger partial charge in [0, 0.05) is 13.8 Å². The molecule has 0 aliphatic carbocycles. The first-order chi connectivity index (χ1) is 60.8. The van der Waals surface area contributed by atoms with Crippen molar-refractivity contribution in [1.82, 2.24) is 10.6 Å². The molecule has 2 amide bonds. The average Bonchev–Trinajstić information content (AvgIpc) is 0.749. The van der Waals surface area contributed by atoms with Crippen LogP contribution in [0.4, 0.5) is 0 Å². The van der Waals surface area contributed by atoms with Gasteiger partial charge in [0.15, 0.2) is 56.1 Å². The van der Waals surface area contributed by atoms with Crippen molar-refractivity contribution in [3.63, 3.8) is 0 Å². The highest BCUT2D eigenvalue weighted by atomic mass is 32.3. The number of carbonyl (C=O) groups excluding carboxylic acids is 5. The van der Waals surface area contributed by atoms with E-state index in [1.165, 1.54) is 0 Å². The Morgan fingerprint density at radius 2 is 0.701 bits per heavy atom. The van der Waals surface area contributed by atoms with Gasteiger partial charge in [0.1, 0.15) is 158 Å².